The molecule has 5 nitrogen and oxygen atoms in total. The number of hydrogen-bond acceptors (Lipinski definition) is 4. The van der Waals surface area contributed by atoms with Gasteiger partial charge in [-0.2, -0.15) is 0 Å². The first-order valence-corrected chi connectivity index (χ1v) is 6.85. The van der Waals surface area contributed by atoms with E-state index in [1.807, 2.05) is 24.3 Å². The number of benzene rings is 1. The van der Waals surface area contributed by atoms with Crippen LogP contribution < -0.4 is 4.74 Å². The second kappa shape index (κ2) is 6.24. The number of nitrogens with zero attached hydrogens (tertiary/aromatic N) is 1. The van der Waals surface area contributed by atoms with Gasteiger partial charge in [0.05, 0.1) is 19.3 Å². The predicted octanol–water partition coefficient (Wildman–Crippen LogP) is 0.580. The van der Waals surface area contributed by atoms with Crippen LogP contribution in [0.4, 0.5) is 0 Å². The third-order valence-electron chi connectivity index (χ3n) is 3.80. The molecule has 0 radical (unpaired) electrons. The number of β-amino-alcohol motifs (C(OH)–C–C–N with tert-alkyl or cyclic N) is 1. The van der Waals surface area contributed by atoms with Crippen molar-refractivity contribution in [2.75, 3.05) is 13.7 Å². The molecule has 0 saturated carbocycles. The molecule has 1 amide bonds. The van der Waals surface area contributed by atoms with E-state index in [0.717, 1.165) is 11.3 Å². The second-order valence-corrected chi connectivity index (χ2v) is 5.08. The van der Waals surface area contributed by atoms with Crippen LogP contribution in [0, 0.1) is 0 Å². The molecule has 0 spiro atoms. The number of amides is 1. The number of carbonyl (C=O) groups excluding carboxylic acids is 1. The maximum absolute atomic E-state index is 11.9. The molecule has 1 aliphatic rings. The molecular weight excluding hydrogens is 258 g/mol. The Balaban J connectivity index is 2.13. The molecule has 3 atom stereocenters. The topological polar surface area (TPSA) is 70.0 Å². The lowest BCUT2D eigenvalue weighted by molar-refractivity contribution is -0.132. The molecule has 1 aromatic carbocycles. The Morgan fingerprint density at radius 2 is 2.00 bits per heavy atom. The molecule has 2 N–H and O–H groups in total. The molecule has 3 unspecified atom stereocenters. The maximum atomic E-state index is 11.9. The van der Waals surface area contributed by atoms with Gasteiger partial charge >= 0.3 is 0 Å². The van der Waals surface area contributed by atoms with Gasteiger partial charge in [0.15, 0.2) is 0 Å². The van der Waals surface area contributed by atoms with E-state index in [4.69, 9.17) is 4.74 Å². The molecule has 1 fully saturated rings. The first-order chi connectivity index (χ1) is 9.56. The lowest BCUT2D eigenvalue weighted by atomic mass is 10.0. The standard InChI is InChI=1S/C15H21NO4/c1-3-14(18)16-9-13(17)15(19)12(16)8-10-4-6-11(20-2)7-5-10/h4-7,12-13,15,17,19H,3,8-9H2,1-2H3. The van der Waals surface area contributed by atoms with Crippen LogP contribution in [0.2, 0.25) is 0 Å². The minimum Gasteiger partial charge on any atom is -0.497 e. The summed E-state index contributed by atoms with van der Waals surface area (Å²) in [5.74, 6) is 0.723. The van der Waals surface area contributed by atoms with Crippen molar-refractivity contribution in [3.63, 3.8) is 0 Å². The second-order valence-electron chi connectivity index (χ2n) is 5.08. The van der Waals surface area contributed by atoms with Crippen molar-refractivity contribution in [2.45, 2.75) is 38.0 Å². The van der Waals surface area contributed by atoms with E-state index >= 15 is 0 Å². The lowest BCUT2D eigenvalue weighted by Crippen LogP contribution is -2.41. The van der Waals surface area contributed by atoms with Crippen molar-refractivity contribution in [1.82, 2.24) is 4.90 Å². The Morgan fingerprint density at radius 1 is 1.35 bits per heavy atom. The highest BCUT2D eigenvalue weighted by Gasteiger charge is 2.41. The molecule has 1 aliphatic heterocycles. The molecule has 2 rings (SSSR count). The Bertz CT molecular complexity index is 459. The zero-order chi connectivity index (χ0) is 14.7. The van der Waals surface area contributed by atoms with Gasteiger partial charge in [-0.1, -0.05) is 19.1 Å². The van der Waals surface area contributed by atoms with Gasteiger partial charge in [-0.05, 0) is 24.1 Å². The van der Waals surface area contributed by atoms with Crippen LogP contribution in [0.1, 0.15) is 18.9 Å². The molecule has 0 aliphatic carbocycles. The van der Waals surface area contributed by atoms with Crippen LogP contribution in [0.15, 0.2) is 24.3 Å². The third kappa shape index (κ3) is 2.94. The molecule has 1 heterocycles. The van der Waals surface area contributed by atoms with Crippen LogP contribution in [0.25, 0.3) is 0 Å². The number of methoxy groups -OCH3 is 1. The summed E-state index contributed by atoms with van der Waals surface area (Å²) in [5.41, 5.74) is 0.998. The minimum absolute atomic E-state index is 0.0425. The van der Waals surface area contributed by atoms with Crippen molar-refractivity contribution in [3.8, 4) is 5.75 Å². The molecule has 110 valence electrons. The Hall–Kier alpha value is -1.59. The highest BCUT2D eigenvalue weighted by Crippen LogP contribution is 2.24. The summed E-state index contributed by atoms with van der Waals surface area (Å²) in [7, 11) is 1.60. The Morgan fingerprint density at radius 3 is 2.55 bits per heavy atom. The zero-order valence-corrected chi connectivity index (χ0v) is 11.8. The van der Waals surface area contributed by atoms with Crippen LogP contribution >= 0.6 is 0 Å². The first kappa shape index (κ1) is 14.8. The number of likely N-dealkylation sites (tertiary alicyclic amines) is 1. The first-order valence-electron chi connectivity index (χ1n) is 6.85. The fourth-order valence-corrected chi connectivity index (χ4v) is 2.61. The third-order valence-corrected chi connectivity index (χ3v) is 3.80. The van der Waals surface area contributed by atoms with E-state index in [-0.39, 0.29) is 18.5 Å². The Kier molecular flexibility index (Phi) is 4.62. The highest BCUT2D eigenvalue weighted by molar-refractivity contribution is 5.76. The number of ether oxygens (including phenoxy) is 1. The number of carbonyl (C=O) groups is 1. The molecule has 1 saturated heterocycles. The quantitative estimate of drug-likeness (QED) is 0.846. The van der Waals surface area contributed by atoms with Crippen LogP contribution in [0.5, 0.6) is 5.75 Å². The zero-order valence-electron chi connectivity index (χ0n) is 11.8. The summed E-state index contributed by atoms with van der Waals surface area (Å²) in [6, 6.07) is 7.14. The molecule has 0 bridgehead atoms. The summed E-state index contributed by atoms with van der Waals surface area (Å²) in [6.45, 7) is 1.98. The van der Waals surface area contributed by atoms with Gasteiger partial charge in [-0.25, -0.2) is 0 Å². The Labute approximate surface area is 118 Å². The SMILES string of the molecule is CCC(=O)N1CC(O)C(O)C1Cc1ccc(OC)cc1. The highest BCUT2D eigenvalue weighted by atomic mass is 16.5. The van der Waals surface area contributed by atoms with Crippen molar-refractivity contribution in [2.24, 2.45) is 0 Å². The lowest BCUT2D eigenvalue weighted by Gasteiger charge is -2.25. The summed E-state index contributed by atoms with van der Waals surface area (Å²) in [5, 5.41) is 19.8. The molecular formula is C15H21NO4. The monoisotopic (exact) mass is 279 g/mol. The summed E-state index contributed by atoms with van der Waals surface area (Å²) >= 11 is 0. The fourth-order valence-electron chi connectivity index (χ4n) is 2.61. The average Bonchev–Trinajstić information content (AvgIpc) is 2.75. The summed E-state index contributed by atoms with van der Waals surface area (Å²) in [4.78, 5) is 13.5. The largest absolute Gasteiger partial charge is 0.497 e. The summed E-state index contributed by atoms with van der Waals surface area (Å²) in [6.07, 6.45) is -0.867. The normalized spacial score (nSPS) is 25.8. The van der Waals surface area contributed by atoms with Crippen LogP contribution in [-0.2, 0) is 11.2 Å². The molecule has 0 aromatic heterocycles. The van der Waals surface area contributed by atoms with Crippen LogP contribution in [-0.4, -0.2) is 52.9 Å². The van der Waals surface area contributed by atoms with Gasteiger partial charge in [-0.3, -0.25) is 4.79 Å². The number of hydrogen-bond donors (Lipinski definition) is 2. The smallest absolute Gasteiger partial charge is 0.222 e. The minimum atomic E-state index is -0.896. The molecule has 1 aromatic rings. The van der Waals surface area contributed by atoms with E-state index in [9.17, 15) is 15.0 Å². The van der Waals surface area contributed by atoms with Crippen molar-refractivity contribution in [1.29, 1.82) is 0 Å². The van der Waals surface area contributed by atoms with Crippen molar-refractivity contribution < 1.29 is 19.7 Å². The van der Waals surface area contributed by atoms with E-state index in [2.05, 4.69) is 0 Å². The fraction of sp³-hybridized carbons (Fsp3) is 0.533. The molecule has 5 heteroatoms. The van der Waals surface area contributed by atoms with E-state index in [0.29, 0.717) is 12.8 Å². The van der Waals surface area contributed by atoms with Gasteiger partial charge < -0.3 is 19.8 Å². The van der Waals surface area contributed by atoms with Gasteiger partial charge in [-0.15, -0.1) is 0 Å². The average molecular weight is 279 g/mol. The van der Waals surface area contributed by atoms with E-state index in [1.165, 1.54) is 0 Å². The molecule has 20 heavy (non-hydrogen) atoms. The van der Waals surface area contributed by atoms with Gasteiger partial charge in [0.25, 0.3) is 0 Å². The van der Waals surface area contributed by atoms with E-state index in [1.54, 1.807) is 18.9 Å². The summed E-state index contributed by atoms with van der Waals surface area (Å²) < 4.78 is 5.10. The maximum Gasteiger partial charge on any atom is 0.222 e. The predicted molar refractivity (Wildman–Crippen MR) is 74.5 cm³/mol. The van der Waals surface area contributed by atoms with Gasteiger partial charge in [0.1, 0.15) is 11.9 Å². The number of aliphatic hydroxyl groups is 2. The van der Waals surface area contributed by atoms with Gasteiger partial charge in [0, 0.05) is 13.0 Å². The van der Waals surface area contributed by atoms with Gasteiger partial charge in [0.2, 0.25) is 5.91 Å². The van der Waals surface area contributed by atoms with Crippen LogP contribution in [0.3, 0.4) is 0 Å². The number of aliphatic hydroxyl groups excluding tert-OH is 2. The van der Waals surface area contributed by atoms with Crippen molar-refractivity contribution >= 4 is 5.91 Å². The van der Waals surface area contributed by atoms with E-state index < -0.39 is 12.2 Å². The van der Waals surface area contributed by atoms with Crippen molar-refractivity contribution in [3.05, 3.63) is 29.8 Å². The number of rotatable bonds is 4.